The van der Waals surface area contributed by atoms with Crippen molar-refractivity contribution in [3.05, 3.63) is 92.2 Å². The molecule has 2 aliphatic rings. The fourth-order valence-electron chi connectivity index (χ4n) is 5.40. The summed E-state index contributed by atoms with van der Waals surface area (Å²) in [6.45, 7) is 6.52. The van der Waals surface area contributed by atoms with Gasteiger partial charge in [-0.2, -0.15) is 0 Å². The first-order valence-electron chi connectivity index (χ1n) is 12.6. The van der Waals surface area contributed by atoms with Crippen LogP contribution in [0.4, 0.5) is 0 Å². The van der Waals surface area contributed by atoms with E-state index in [2.05, 4.69) is 12.1 Å². The number of rotatable bonds is 8. The molecule has 1 N–H and O–H groups in total. The lowest BCUT2D eigenvalue weighted by molar-refractivity contribution is -0.132. The average molecular weight is 573 g/mol. The van der Waals surface area contributed by atoms with Crippen molar-refractivity contribution in [2.24, 2.45) is 11.3 Å². The predicted molar refractivity (Wildman–Crippen MR) is 150 cm³/mol. The maximum Gasteiger partial charge on any atom is 0.335 e. The second kappa shape index (κ2) is 10.4. The minimum absolute atomic E-state index is 0.0425. The average Bonchev–Trinajstić information content (AvgIpc) is 3.38. The summed E-state index contributed by atoms with van der Waals surface area (Å²) in [5, 5.41) is 15.1. The largest absolute Gasteiger partial charge is 0.489 e. The van der Waals surface area contributed by atoms with Gasteiger partial charge >= 0.3 is 5.97 Å². The molecule has 0 radical (unpaired) electrons. The summed E-state index contributed by atoms with van der Waals surface area (Å²) in [6, 6.07) is 11.1. The number of benzene rings is 2. The summed E-state index contributed by atoms with van der Waals surface area (Å²) in [6.07, 6.45) is 7.28. The number of carboxylic acids is 1. The lowest BCUT2D eigenvalue weighted by Crippen LogP contribution is -2.15. The summed E-state index contributed by atoms with van der Waals surface area (Å²) >= 11 is 19.7. The molecule has 1 saturated carbocycles. The molecule has 5 nitrogen and oxygen atoms in total. The lowest BCUT2D eigenvalue weighted by atomic mass is 9.81. The Kier molecular flexibility index (Phi) is 7.38. The number of carbonyl (C=O) groups is 1. The van der Waals surface area contributed by atoms with Crippen molar-refractivity contribution in [2.75, 3.05) is 0 Å². The van der Waals surface area contributed by atoms with Gasteiger partial charge in [-0.1, -0.05) is 91.1 Å². The zero-order chi connectivity index (χ0) is 27.2. The van der Waals surface area contributed by atoms with Gasteiger partial charge in [0.15, 0.2) is 0 Å². The van der Waals surface area contributed by atoms with Crippen LogP contribution in [-0.2, 0) is 11.4 Å². The van der Waals surface area contributed by atoms with E-state index < -0.39 is 5.97 Å². The van der Waals surface area contributed by atoms with E-state index in [1.54, 1.807) is 24.3 Å². The molecule has 3 atom stereocenters. The van der Waals surface area contributed by atoms with Gasteiger partial charge in [0.1, 0.15) is 23.8 Å². The molecule has 3 aromatic rings. The highest BCUT2D eigenvalue weighted by Gasteiger charge is 2.55. The van der Waals surface area contributed by atoms with Gasteiger partial charge in [0, 0.05) is 16.5 Å². The van der Waals surface area contributed by atoms with E-state index in [1.165, 1.54) is 0 Å². The second-order valence-electron chi connectivity index (χ2n) is 10.5. The number of nitrogens with zero attached hydrogens (tertiary/aromatic N) is 1. The fraction of sp³-hybridized carbons (Fsp3) is 0.333. The van der Waals surface area contributed by atoms with Crippen LogP contribution in [0.1, 0.15) is 62.3 Å². The van der Waals surface area contributed by atoms with Crippen molar-refractivity contribution in [2.45, 2.75) is 52.1 Å². The first kappa shape index (κ1) is 26.9. The van der Waals surface area contributed by atoms with Crippen molar-refractivity contribution < 1.29 is 19.2 Å². The van der Waals surface area contributed by atoms with E-state index in [-0.39, 0.29) is 23.9 Å². The van der Waals surface area contributed by atoms with Crippen LogP contribution in [0.5, 0.6) is 5.75 Å². The fourth-order valence-corrected chi connectivity index (χ4v) is 6.27. The highest BCUT2D eigenvalue weighted by Crippen LogP contribution is 2.66. The molecular weight excluding hydrogens is 545 g/mol. The highest BCUT2D eigenvalue weighted by molar-refractivity contribution is 6.39. The summed E-state index contributed by atoms with van der Waals surface area (Å²) in [5.74, 6) is 1.14. The van der Waals surface area contributed by atoms with Gasteiger partial charge in [0.2, 0.25) is 0 Å². The number of aliphatic carboxylic acids is 1. The molecule has 1 heterocycles. The monoisotopic (exact) mass is 571 g/mol. The Hall–Kier alpha value is -2.73. The van der Waals surface area contributed by atoms with Crippen LogP contribution in [0.15, 0.2) is 64.7 Å². The van der Waals surface area contributed by atoms with Gasteiger partial charge in [-0.15, -0.1) is 0 Å². The zero-order valence-corrected chi connectivity index (χ0v) is 23.6. The Balaban J connectivity index is 1.33. The lowest BCUT2D eigenvalue weighted by Gasteiger charge is -2.23. The number of hydrogen-bond acceptors (Lipinski definition) is 4. The third kappa shape index (κ3) is 5.00. The smallest absolute Gasteiger partial charge is 0.335 e. The van der Waals surface area contributed by atoms with Crippen LogP contribution in [0, 0.1) is 11.3 Å². The van der Waals surface area contributed by atoms with E-state index >= 15 is 0 Å². The van der Waals surface area contributed by atoms with Gasteiger partial charge < -0.3 is 14.4 Å². The molecule has 38 heavy (non-hydrogen) atoms. The summed E-state index contributed by atoms with van der Waals surface area (Å²) in [5.41, 5.74) is 3.47. The molecule has 5 rings (SSSR count). The molecule has 2 aliphatic carbocycles. The Morgan fingerprint density at radius 1 is 1.18 bits per heavy atom. The quantitative estimate of drug-likeness (QED) is 0.291. The van der Waals surface area contributed by atoms with Crippen LogP contribution in [0.2, 0.25) is 15.1 Å². The summed E-state index contributed by atoms with van der Waals surface area (Å²) in [4.78, 5) is 11.2. The van der Waals surface area contributed by atoms with Crippen LogP contribution in [0.25, 0.3) is 11.3 Å². The SMILES string of the molecule is CC(C)c1onc(-c2c(Cl)cccc2Cl)c1COc1ccc(C2CC2(C)C2C=CC(C(=O)O)=CC2)c(Cl)c1. The molecular formula is C30H28Cl3NO4. The predicted octanol–water partition coefficient (Wildman–Crippen LogP) is 9.08. The van der Waals surface area contributed by atoms with Crippen molar-refractivity contribution >= 4 is 40.8 Å². The number of ether oxygens (including phenoxy) is 1. The van der Waals surface area contributed by atoms with E-state index in [4.69, 9.17) is 44.1 Å². The number of carboxylic acid groups (broad SMARTS) is 1. The molecule has 0 aliphatic heterocycles. The molecule has 0 saturated heterocycles. The van der Waals surface area contributed by atoms with Gasteiger partial charge in [-0.25, -0.2) is 4.79 Å². The molecule has 0 bridgehead atoms. The van der Waals surface area contributed by atoms with Gasteiger partial charge in [-0.3, -0.25) is 0 Å². The normalized spacial score (nSPS) is 22.4. The van der Waals surface area contributed by atoms with Gasteiger partial charge in [0.25, 0.3) is 0 Å². The summed E-state index contributed by atoms with van der Waals surface area (Å²) in [7, 11) is 0. The van der Waals surface area contributed by atoms with Crippen molar-refractivity contribution in [1.82, 2.24) is 5.16 Å². The van der Waals surface area contributed by atoms with E-state index in [1.807, 2.05) is 44.2 Å². The van der Waals surface area contributed by atoms with Gasteiger partial charge in [-0.05, 0) is 59.9 Å². The maximum absolute atomic E-state index is 11.2. The van der Waals surface area contributed by atoms with Crippen molar-refractivity contribution in [3.8, 4) is 17.0 Å². The number of halogens is 3. The second-order valence-corrected chi connectivity index (χ2v) is 11.7. The Bertz CT molecular complexity index is 1440. The molecule has 2 aromatic carbocycles. The van der Waals surface area contributed by atoms with Crippen molar-refractivity contribution in [1.29, 1.82) is 0 Å². The third-order valence-electron chi connectivity index (χ3n) is 7.75. The maximum atomic E-state index is 11.2. The van der Waals surface area contributed by atoms with E-state index in [0.29, 0.717) is 49.3 Å². The molecule has 0 spiro atoms. The molecule has 8 heteroatoms. The Morgan fingerprint density at radius 3 is 2.53 bits per heavy atom. The van der Waals surface area contributed by atoms with E-state index in [0.717, 1.165) is 24.0 Å². The molecule has 198 valence electrons. The van der Waals surface area contributed by atoms with Crippen LogP contribution in [-0.4, -0.2) is 16.2 Å². The van der Waals surface area contributed by atoms with Gasteiger partial charge in [0.05, 0.1) is 21.2 Å². The van der Waals surface area contributed by atoms with Crippen LogP contribution < -0.4 is 4.74 Å². The standard InChI is InChI=1S/C30H28Cl3NO4/c1-16(2)28-21(27(34-38-28)26-23(31)5-4-6-24(26)32)15-37-19-11-12-20(25(33)13-19)22-14-30(22,3)18-9-7-17(8-10-18)29(35)36/h4-9,11-13,16,18,22H,10,14-15H2,1-3H3,(H,35,36). The molecule has 0 amide bonds. The Morgan fingerprint density at radius 2 is 1.92 bits per heavy atom. The number of aromatic nitrogens is 1. The molecule has 3 unspecified atom stereocenters. The molecule has 1 aromatic heterocycles. The van der Waals surface area contributed by atoms with Crippen LogP contribution >= 0.6 is 34.8 Å². The highest BCUT2D eigenvalue weighted by atomic mass is 35.5. The van der Waals surface area contributed by atoms with Crippen LogP contribution in [0.3, 0.4) is 0 Å². The zero-order valence-electron chi connectivity index (χ0n) is 21.3. The number of hydrogen-bond donors (Lipinski definition) is 1. The summed E-state index contributed by atoms with van der Waals surface area (Å²) < 4.78 is 11.9. The minimum Gasteiger partial charge on any atom is -0.489 e. The topological polar surface area (TPSA) is 72.6 Å². The minimum atomic E-state index is -0.885. The first-order valence-corrected chi connectivity index (χ1v) is 13.7. The Labute approximate surface area is 237 Å². The van der Waals surface area contributed by atoms with Crippen molar-refractivity contribution in [3.63, 3.8) is 0 Å². The van der Waals surface area contributed by atoms with E-state index in [9.17, 15) is 9.90 Å². The third-order valence-corrected chi connectivity index (χ3v) is 8.70. The molecule has 1 fully saturated rings. The number of allylic oxidation sites excluding steroid dienone is 2. The first-order chi connectivity index (χ1) is 18.1.